The van der Waals surface area contributed by atoms with Gasteiger partial charge in [-0.15, -0.1) is 10.2 Å². The van der Waals surface area contributed by atoms with Crippen LogP contribution in [0.15, 0.2) is 48.7 Å². The van der Waals surface area contributed by atoms with Gasteiger partial charge in [0.15, 0.2) is 0 Å². The normalized spacial score (nSPS) is 20.3. The quantitative estimate of drug-likeness (QED) is 0.719. The van der Waals surface area contributed by atoms with Gasteiger partial charge in [0.1, 0.15) is 0 Å². The van der Waals surface area contributed by atoms with E-state index < -0.39 is 11.9 Å². The van der Waals surface area contributed by atoms with Crippen molar-refractivity contribution in [3.8, 4) is 11.4 Å². The van der Waals surface area contributed by atoms with Crippen LogP contribution < -0.4 is 0 Å². The molecule has 0 spiro atoms. The number of aliphatic carboxylic acids is 1. The van der Waals surface area contributed by atoms with Gasteiger partial charge in [0.05, 0.1) is 5.92 Å². The highest BCUT2D eigenvalue weighted by Crippen LogP contribution is 2.32. The lowest BCUT2D eigenvalue weighted by Gasteiger charge is -2.16. The largest absolute Gasteiger partial charge is 0.481 e. The van der Waals surface area contributed by atoms with Gasteiger partial charge >= 0.3 is 5.97 Å². The molecular formula is C18H18N6O2. The SMILES string of the molecule is O=C(O)[C@@H]1CN(Cc2ccc(-c3nn[nH]n3)cc2)C[C@H]1c1ccccn1. The van der Waals surface area contributed by atoms with E-state index in [9.17, 15) is 9.90 Å². The number of H-pyrrole nitrogens is 1. The van der Waals surface area contributed by atoms with Crippen LogP contribution in [0.5, 0.6) is 0 Å². The van der Waals surface area contributed by atoms with E-state index in [0.29, 0.717) is 25.5 Å². The maximum atomic E-state index is 11.7. The van der Waals surface area contributed by atoms with Gasteiger partial charge in [0.25, 0.3) is 0 Å². The predicted octanol–water partition coefficient (Wildman–Crippen LogP) is 1.56. The molecule has 4 rings (SSSR count). The number of hydrogen-bond acceptors (Lipinski definition) is 6. The number of tetrazole rings is 1. The first-order valence-corrected chi connectivity index (χ1v) is 8.39. The second-order valence-electron chi connectivity index (χ2n) is 6.43. The first-order valence-electron chi connectivity index (χ1n) is 8.39. The number of carbonyl (C=O) groups is 1. The van der Waals surface area contributed by atoms with Crippen LogP contribution in [0.3, 0.4) is 0 Å². The Bertz CT molecular complexity index is 866. The van der Waals surface area contributed by atoms with Crippen molar-refractivity contribution in [1.29, 1.82) is 0 Å². The Balaban J connectivity index is 1.48. The summed E-state index contributed by atoms with van der Waals surface area (Å²) in [6, 6.07) is 13.6. The lowest BCUT2D eigenvalue weighted by atomic mass is 9.93. The van der Waals surface area contributed by atoms with Gasteiger partial charge in [-0.25, -0.2) is 0 Å². The van der Waals surface area contributed by atoms with Crippen LogP contribution in [0.25, 0.3) is 11.4 Å². The number of carboxylic acids is 1. The molecule has 0 radical (unpaired) electrons. The highest BCUT2D eigenvalue weighted by molar-refractivity contribution is 5.72. The molecule has 3 heterocycles. The van der Waals surface area contributed by atoms with E-state index in [4.69, 9.17) is 0 Å². The molecule has 26 heavy (non-hydrogen) atoms. The van der Waals surface area contributed by atoms with Crippen molar-refractivity contribution >= 4 is 5.97 Å². The van der Waals surface area contributed by atoms with Crippen molar-refractivity contribution in [2.75, 3.05) is 13.1 Å². The molecule has 8 heteroatoms. The van der Waals surface area contributed by atoms with Gasteiger partial charge in [0.2, 0.25) is 5.82 Å². The Labute approximate surface area is 149 Å². The minimum atomic E-state index is -0.768. The summed E-state index contributed by atoms with van der Waals surface area (Å²) in [6.07, 6.45) is 1.72. The van der Waals surface area contributed by atoms with E-state index in [1.54, 1.807) is 6.20 Å². The minimum Gasteiger partial charge on any atom is -0.481 e. The molecule has 0 saturated carbocycles. The Morgan fingerprint density at radius 1 is 1.19 bits per heavy atom. The fourth-order valence-corrected chi connectivity index (χ4v) is 3.46. The molecule has 0 bridgehead atoms. The molecular weight excluding hydrogens is 332 g/mol. The molecule has 1 aliphatic heterocycles. The second-order valence-corrected chi connectivity index (χ2v) is 6.43. The van der Waals surface area contributed by atoms with Crippen LogP contribution in [0.4, 0.5) is 0 Å². The number of benzene rings is 1. The molecule has 0 unspecified atom stereocenters. The number of pyridine rings is 1. The summed E-state index contributed by atoms with van der Waals surface area (Å²) in [6.45, 7) is 1.89. The van der Waals surface area contributed by atoms with Gasteiger partial charge in [-0.05, 0) is 22.9 Å². The number of nitrogens with zero attached hydrogens (tertiary/aromatic N) is 5. The van der Waals surface area contributed by atoms with Gasteiger partial charge < -0.3 is 5.11 Å². The van der Waals surface area contributed by atoms with Gasteiger partial charge in [-0.2, -0.15) is 5.21 Å². The van der Waals surface area contributed by atoms with Crippen molar-refractivity contribution in [2.24, 2.45) is 5.92 Å². The zero-order valence-corrected chi connectivity index (χ0v) is 14.0. The maximum Gasteiger partial charge on any atom is 0.308 e. The second kappa shape index (κ2) is 7.01. The summed E-state index contributed by atoms with van der Waals surface area (Å²) < 4.78 is 0. The zero-order chi connectivity index (χ0) is 17.9. The molecule has 1 aromatic carbocycles. The van der Waals surface area contributed by atoms with Crippen LogP contribution in [-0.2, 0) is 11.3 Å². The molecule has 0 aliphatic carbocycles. The summed E-state index contributed by atoms with van der Waals surface area (Å²) in [5.74, 6) is -0.745. The predicted molar refractivity (Wildman–Crippen MR) is 93.0 cm³/mol. The zero-order valence-electron chi connectivity index (χ0n) is 14.0. The van der Waals surface area contributed by atoms with Gasteiger partial charge in [0, 0.05) is 43.0 Å². The summed E-state index contributed by atoms with van der Waals surface area (Å²) in [5.41, 5.74) is 2.84. The lowest BCUT2D eigenvalue weighted by Crippen LogP contribution is -2.23. The molecule has 1 saturated heterocycles. The smallest absolute Gasteiger partial charge is 0.308 e. The molecule has 8 nitrogen and oxygen atoms in total. The van der Waals surface area contributed by atoms with Crippen molar-refractivity contribution in [3.05, 3.63) is 59.9 Å². The number of aromatic amines is 1. The van der Waals surface area contributed by atoms with E-state index in [1.165, 1.54) is 0 Å². The summed E-state index contributed by atoms with van der Waals surface area (Å²) in [5, 5.41) is 23.5. The fraction of sp³-hybridized carbons (Fsp3) is 0.278. The Morgan fingerprint density at radius 2 is 2.04 bits per heavy atom. The third kappa shape index (κ3) is 3.31. The fourth-order valence-electron chi connectivity index (χ4n) is 3.46. The van der Waals surface area contributed by atoms with Crippen molar-refractivity contribution in [3.63, 3.8) is 0 Å². The van der Waals surface area contributed by atoms with Crippen LogP contribution in [0.1, 0.15) is 17.2 Å². The maximum absolute atomic E-state index is 11.7. The average Bonchev–Trinajstić information content (AvgIpc) is 3.33. The van der Waals surface area contributed by atoms with Crippen LogP contribution in [-0.4, -0.2) is 54.7 Å². The molecule has 2 N–H and O–H groups in total. The van der Waals surface area contributed by atoms with Crippen LogP contribution >= 0.6 is 0 Å². The van der Waals surface area contributed by atoms with Crippen molar-refractivity contribution in [2.45, 2.75) is 12.5 Å². The molecule has 2 atom stereocenters. The molecule has 0 amide bonds. The van der Waals surface area contributed by atoms with Gasteiger partial charge in [-0.3, -0.25) is 14.7 Å². The van der Waals surface area contributed by atoms with E-state index in [-0.39, 0.29) is 5.92 Å². The van der Waals surface area contributed by atoms with E-state index in [1.807, 2.05) is 42.5 Å². The molecule has 3 aromatic rings. The average molecular weight is 350 g/mol. The summed E-state index contributed by atoms with van der Waals surface area (Å²) in [4.78, 5) is 18.2. The Kier molecular flexibility index (Phi) is 4.40. The molecule has 2 aromatic heterocycles. The van der Waals surface area contributed by atoms with Crippen LogP contribution in [0, 0.1) is 5.92 Å². The van der Waals surface area contributed by atoms with Crippen molar-refractivity contribution < 1.29 is 9.90 Å². The van der Waals surface area contributed by atoms with Gasteiger partial charge in [-0.1, -0.05) is 30.3 Å². The summed E-state index contributed by atoms with van der Waals surface area (Å²) >= 11 is 0. The number of aromatic nitrogens is 5. The van der Waals surface area contributed by atoms with Crippen LogP contribution in [0.2, 0.25) is 0 Å². The Hall–Kier alpha value is -3.13. The summed E-state index contributed by atoms with van der Waals surface area (Å²) in [7, 11) is 0. The molecule has 1 fully saturated rings. The first-order chi connectivity index (χ1) is 12.7. The lowest BCUT2D eigenvalue weighted by molar-refractivity contribution is -0.141. The number of nitrogens with one attached hydrogen (secondary N) is 1. The highest BCUT2D eigenvalue weighted by Gasteiger charge is 2.39. The minimum absolute atomic E-state index is 0.0905. The van der Waals surface area contributed by atoms with Crippen molar-refractivity contribution in [1.82, 2.24) is 30.5 Å². The number of hydrogen-bond donors (Lipinski definition) is 2. The third-order valence-corrected chi connectivity index (χ3v) is 4.74. The molecule has 132 valence electrons. The standard InChI is InChI=1S/C18H18N6O2/c25-18(26)15-11-24(10-14(15)16-3-1-2-8-19-16)9-12-4-6-13(7-5-12)17-20-22-23-21-17/h1-8,14-15H,9-11H2,(H,25,26)(H,20,21,22,23)/t14-,15-/m1/s1. The third-order valence-electron chi connectivity index (χ3n) is 4.74. The molecule has 1 aliphatic rings. The number of rotatable bonds is 5. The topological polar surface area (TPSA) is 108 Å². The number of likely N-dealkylation sites (tertiary alicyclic amines) is 1. The van der Waals surface area contributed by atoms with E-state index in [2.05, 4.69) is 30.5 Å². The monoisotopic (exact) mass is 350 g/mol. The van der Waals surface area contributed by atoms with E-state index in [0.717, 1.165) is 16.8 Å². The van der Waals surface area contributed by atoms with E-state index >= 15 is 0 Å². The number of carboxylic acid groups (broad SMARTS) is 1. The highest BCUT2D eigenvalue weighted by atomic mass is 16.4. The first kappa shape index (κ1) is 16.3. The Morgan fingerprint density at radius 3 is 2.69 bits per heavy atom.